The first kappa shape index (κ1) is 26.6. The molecule has 0 aliphatic carbocycles. The SMILES string of the molecule is CCc1nn(C)c(CC)c1CN=C(NCc1nnc(C)n1C)NCC1CCCN1CC.I. The fraction of sp³-hybridized carbons (Fsp3) is 0.727. The summed E-state index contributed by atoms with van der Waals surface area (Å²) in [5.41, 5.74) is 3.65. The molecule has 2 aromatic rings. The van der Waals surface area contributed by atoms with Gasteiger partial charge in [0.05, 0.1) is 18.8 Å². The van der Waals surface area contributed by atoms with E-state index in [4.69, 9.17) is 10.1 Å². The predicted molar refractivity (Wildman–Crippen MR) is 139 cm³/mol. The third-order valence-electron chi connectivity index (χ3n) is 6.43. The number of guanidine groups is 1. The number of halogens is 1. The number of aryl methyl sites for hydroxylation is 3. The van der Waals surface area contributed by atoms with Gasteiger partial charge in [0.2, 0.25) is 0 Å². The van der Waals surface area contributed by atoms with Gasteiger partial charge in [-0.1, -0.05) is 20.8 Å². The molecule has 1 saturated heterocycles. The van der Waals surface area contributed by atoms with Crippen molar-refractivity contribution in [1.82, 2.24) is 40.1 Å². The molecule has 0 saturated carbocycles. The summed E-state index contributed by atoms with van der Waals surface area (Å²) < 4.78 is 4.01. The molecule has 10 heteroatoms. The second kappa shape index (κ2) is 12.5. The quantitative estimate of drug-likeness (QED) is 0.280. The molecule has 0 radical (unpaired) electrons. The van der Waals surface area contributed by atoms with Crippen molar-refractivity contribution in [3.8, 4) is 0 Å². The zero-order valence-electron chi connectivity index (χ0n) is 20.5. The average Bonchev–Trinajstić information content (AvgIpc) is 3.45. The number of hydrogen-bond acceptors (Lipinski definition) is 5. The van der Waals surface area contributed by atoms with E-state index >= 15 is 0 Å². The van der Waals surface area contributed by atoms with E-state index in [0.717, 1.165) is 49.2 Å². The van der Waals surface area contributed by atoms with E-state index in [1.807, 2.05) is 30.3 Å². The van der Waals surface area contributed by atoms with Gasteiger partial charge in [0.15, 0.2) is 11.8 Å². The lowest BCUT2D eigenvalue weighted by Gasteiger charge is -2.24. The lowest BCUT2D eigenvalue weighted by Crippen LogP contribution is -2.45. The maximum atomic E-state index is 4.95. The van der Waals surface area contributed by atoms with Crippen molar-refractivity contribution in [1.29, 1.82) is 0 Å². The third-order valence-corrected chi connectivity index (χ3v) is 6.43. The minimum atomic E-state index is 0. The van der Waals surface area contributed by atoms with Crippen molar-refractivity contribution >= 4 is 29.9 Å². The number of rotatable bonds is 9. The van der Waals surface area contributed by atoms with Crippen LogP contribution in [0.5, 0.6) is 0 Å². The van der Waals surface area contributed by atoms with E-state index in [1.165, 1.54) is 30.6 Å². The van der Waals surface area contributed by atoms with Gasteiger partial charge in [-0.2, -0.15) is 5.10 Å². The van der Waals surface area contributed by atoms with Gasteiger partial charge in [0.25, 0.3) is 0 Å². The van der Waals surface area contributed by atoms with E-state index in [9.17, 15) is 0 Å². The lowest BCUT2D eigenvalue weighted by molar-refractivity contribution is 0.267. The molecule has 9 nitrogen and oxygen atoms in total. The van der Waals surface area contributed by atoms with E-state index < -0.39 is 0 Å². The van der Waals surface area contributed by atoms with E-state index in [2.05, 4.69) is 46.5 Å². The van der Waals surface area contributed by atoms with Crippen molar-refractivity contribution in [2.24, 2.45) is 19.1 Å². The highest BCUT2D eigenvalue weighted by atomic mass is 127. The van der Waals surface area contributed by atoms with Crippen LogP contribution in [-0.4, -0.2) is 61.1 Å². The predicted octanol–water partition coefficient (Wildman–Crippen LogP) is 2.32. The molecule has 3 rings (SSSR count). The Bertz CT molecular complexity index is 886. The Kier molecular flexibility index (Phi) is 10.4. The van der Waals surface area contributed by atoms with Crippen LogP contribution in [0, 0.1) is 6.92 Å². The van der Waals surface area contributed by atoms with Crippen molar-refractivity contribution in [3.05, 3.63) is 28.6 Å². The van der Waals surface area contributed by atoms with Gasteiger partial charge in [0.1, 0.15) is 5.82 Å². The zero-order chi connectivity index (χ0) is 22.4. The van der Waals surface area contributed by atoms with Crippen LogP contribution in [0.3, 0.4) is 0 Å². The highest BCUT2D eigenvalue weighted by Gasteiger charge is 2.23. The standard InChI is InChI=1S/C22H39N9.HI/c1-7-19-18(20(8-2)30(6)28-19)14-24-22(23-13-17-11-10-12-31(17)9-3)25-15-21-27-26-16(4)29(21)5;/h17H,7-15H2,1-6H3,(H2,23,24,25);1H. The van der Waals surface area contributed by atoms with Gasteiger partial charge in [-0.25, -0.2) is 4.99 Å². The molecule has 0 spiro atoms. The van der Waals surface area contributed by atoms with Gasteiger partial charge >= 0.3 is 0 Å². The second-order valence-electron chi connectivity index (χ2n) is 8.25. The van der Waals surface area contributed by atoms with Crippen molar-refractivity contribution in [2.45, 2.75) is 72.5 Å². The summed E-state index contributed by atoms with van der Waals surface area (Å²) in [6.45, 7) is 12.9. The Morgan fingerprint density at radius 1 is 1.12 bits per heavy atom. The lowest BCUT2D eigenvalue weighted by atomic mass is 10.1. The molecule has 0 bridgehead atoms. The Labute approximate surface area is 209 Å². The summed E-state index contributed by atoms with van der Waals surface area (Å²) in [5.74, 6) is 2.62. The van der Waals surface area contributed by atoms with Gasteiger partial charge in [0, 0.05) is 37.9 Å². The van der Waals surface area contributed by atoms with Gasteiger partial charge in [-0.3, -0.25) is 9.58 Å². The van der Waals surface area contributed by atoms with Crippen LogP contribution < -0.4 is 10.6 Å². The molecule has 1 fully saturated rings. The summed E-state index contributed by atoms with van der Waals surface area (Å²) in [4.78, 5) is 7.50. The maximum Gasteiger partial charge on any atom is 0.192 e. The molecule has 1 aliphatic rings. The van der Waals surface area contributed by atoms with E-state index in [1.54, 1.807) is 0 Å². The van der Waals surface area contributed by atoms with Crippen LogP contribution in [0.2, 0.25) is 0 Å². The van der Waals surface area contributed by atoms with Crippen LogP contribution in [0.1, 0.15) is 62.2 Å². The number of nitrogens with zero attached hydrogens (tertiary/aromatic N) is 7. The van der Waals surface area contributed by atoms with E-state index in [-0.39, 0.29) is 24.0 Å². The number of likely N-dealkylation sites (N-methyl/N-ethyl adjacent to an activating group) is 1. The number of aliphatic imine (C=N–C) groups is 1. The van der Waals surface area contributed by atoms with Gasteiger partial charge < -0.3 is 15.2 Å². The maximum absolute atomic E-state index is 4.95. The van der Waals surface area contributed by atoms with Crippen LogP contribution in [0.15, 0.2) is 4.99 Å². The summed E-state index contributed by atoms with van der Waals surface area (Å²) >= 11 is 0. The summed E-state index contributed by atoms with van der Waals surface area (Å²) in [6, 6.07) is 0.560. The fourth-order valence-corrected chi connectivity index (χ4v) is 4.43. The molecule has 1 aliphatic heterocycles. The van der Waals surface area contributed by atoms with Crippen molar-refractivity contribution in [3.63, 3.8) is 0 Å². The smallest absolute Gasteiger partial charge is 0.192 e. The number of nitrogens with one attached hydrogen (secondary N) is 2. The monoisotopic (exact) mass is 557 g/mol. The minimum Gasteiger partial charge on any atom is -0.355 e. The molecule has 1 atom stereocenters. The van der Waals surface area contributed by atoms with Gasteiger partial charge in [-0.15, -0.1) is 34.2 Å². The highest BCUT2D eigenvalue weighted by Crippen LogP contribution is 2.17. The van der Waals surface area contributed by atoms with Crippen LogP contribution in [-0.2, 0) is 40.0 Å². The molecule has 2 aromatic heterocycles. The van der Waals surface area contributed by atoms with Crippen LogP contribution in [0.25, 0.3) is 0 Å². The Hall–Kier alpha value is -1.69. The summed E-state index contributed by atoms with van der Waals surface area (Å²) in [7, 11) is 4.02. The first-order valence-electron chi connectivity index (χ1n) is 11.6. The molecular weight excluding hydrogens is 517 g/mol. The molecule has 32 heavy (non-hydrogen) atoms. The van der Waals surface area contributed by atoms with Crippen molar-refractivity contribution < 1.29 is 0 Å². The zero-order valence-corrected chi connectivity index (χ0v) is 22.8. The topological polar surface area (TPSA) is 88.2 Å². The fourth-order valence-electron chi connectivity index (χ4n) is 4.43. The Balaban J connectivity index is 0.00000363. The van der Waals surface area contributed by atoms with E-state index in [0.29, 0.717) is 19.1 Å². The molecule has 2 N–H and O–H groups in total. The Morgan fingerprint density at radius 2 is 1.91 bits per heavy atom. The summed E-state index contributed by atoms with van der Waals surface area (Å²) in [5, 5.41) is 20.2. The third kappa shape index (κ3) is 6.21. The molecule has 0 aromatic carbocycles. The van der Waals surface area contributed by atoms with Crippen LogP contribution in [0.4, 0.5) is 0 Å². The first-order valence-corrected chi connectivity index (χ1v) is 11.6. The minimum absolute atomic E-state index is 0. The normalized spacial score (nSPS) is 16.9. The number of hydrogen-bond donors (Lipinski definition) is 2. The second-order valence-corrected chi connectivity index (χ2v) is 8.25. The molecule has 0 amide bonds. The highest BCUT2D eigenvalue weighted by molar-refractivity contribution is 14.0. The molecular formula is C22H40IN9. The van der Waals surface area contributed by atoms with Crippen molar-refractivity contribution in [2.75, 3.05) is 19.6 Å². The number of likely N-dealkylation sites (tertiary alicyclic amines) is 1. The molecule has 1 unspecified atom stereocenters. The molecule has 180 valence electrons. The largest absolute Gasteiger partial charge is 0.355 e. The first-order chi connectivity index (χ1) is 15.0. The average molecular weight is 558 g/mol. The van der Waals surface area contributed by atoms with Gasteiger partial charge in [-0.05, 0) is 45.7 Å². The van der Waals surface area contributed by atoms with Crippen LogP contribution >= 0.6 is 24.0 Å². The summed E-state index contributed by atoms with van der Waals surface area (Å²) in [6.07, 6.45) is 4.38. The molecule has 3 heterocycles. The number of aromatic nitrogens is 5. The Morgan fingerprint density at radius 3 is 2.53 bits per heavy atom.